The van der Waals surface area contributed by atoms with E-state index >= 15 is 0 Å². The number of rotatable bonds is 11. The summed E-state index contributed by atoms with van der Waals surface area (Å²) < 4.78 is 52.2. The number of imidazole rings is 1. The van der Waals surface area contributed by atoms with Crippen molar-refractivity contribution in [1.29, 1.82) is 0 Å². The first kappa shape index (κ1) is 32.6. The lowest BCUT2D eigenvalue weighted by Crippen LogP contribution is -2.46. The Kier molecular flexibility index (Phi) is 9.28. The van der Waals surface area contributed by atoms with Crippen LogP contribution in [0.5, 0.6) is 0 Å². The molecule has 2 aliphatic rings. The van der Waals surface area contributed by atoms with Gasteiger partial charge in [0.15, 0.2) is 42.0 Å². The molecular formula is C22H29N6O14P2+. The molecule has 5 rings (SSSR count). The molecule has 0 aromatic carbocycles. The van der Waals surface area contributed by atoms with Gasteiger partial charge in [-0.3, -0.25) is 18.4 Å². The zero-order chi connectivity index (χ0) is 32.0. The number of anilines is 1. The van der Waals surface area contributed by atoms with Crippen molar-refractivity contribution >= 4 is 38.4 Å². The van der Waals surface area contributed by atoms with Gasteiger partial charge in [0, 0.05) is 6.07 Å². The van der Waals surface area contributed by atoms with Crippen molar-refractivity contribution in [3.05, 3.63) is 42.7 Å². The zero-order valence-corrected chi connectivity index (χ0v) is 24.4. The predicted molar refractivity (Wildman–Crippen MR) is 141 cm³/mol. The minimum atomic E-state index is -5.36. The van der Waals surface area contributed by atoms with E-state index in [9.17, 15) is 44.1 Å². The SMILES string of the molecule is CC(=O)c1ccc[n+]([C@H]2O[C@@H](COP(=O)(O)OP(=O)(O)OC[C@H]3O[C@@H](n4cnc5c(N)ncnc54)[C@@H](O)[C@H]3O)[C@@H](O)[C@@H]2O)c1. The molecule has 2 fully saturated rings. The molecule has 22 heteroatoms. The number of hydrogen-bond donors (Lipinski definition) is 7. The molecule has 2 aliphatic heterocycles. The number of phosphoric acid groups is 2. The first-order valence-electron chi connectivity index (χ1n) is 12.8. The Balaban J connectivity index is 1.16. The number of nitrogens with zero attached hydrogens (tertiary/aromatic N) is 5. The fourth-order valence-electron chi connectivity index (χ4n) is 4.64. The van der Waals surface area contributed by atoms with Gasteiger partial charge in [-0.2, -0.15) is 8.88 Å². The van der Waals surface area contributed by atoms with Gasteiger partial charge in [0.2, 0.25) is 0 Å². The average Bonchev–Trinajstić information content (AvgIpc) is 3.61. The molecule has 5 heterocycles. The average molecular weight is 663 g/mol. The van der Waals surface area contributed by atoms with Gasteiger partial charge < -0.3 is 45.4 Å². The Morgan fingerprint density at radius 3 is 2.30 bits per heavy atom. The molecule has 0 saturated carbocycles. The Bertz CT molecular complexity index is 1630. The number of carbonyl (C=O) groups excluding carboxylic acids is 1. The number of hydrogen-bond acceptors (Lipinski definition) is 16. The molecule has 20 nitrogen and oxygen atoms in total. The van der Waals surface area contributed by atoms with Crippen LogP contribution in [0.15, 0.2) is 37.2 Å². The molecule has 10 atom stereocenters. The Hall–Kier alpha value is -2.81. The van der Waals surface area contributed by atoms with Crippen molar-refractivity contribution in [2.24, 2.45) is 0 Å². The summed E-state index contributed by atoms with van der Waals surface area (Å²) in [6.45, 7) is -0.430. The van der Waals surface area contributed by atoms with Crippen molar-refractivity contribution in [3.8, 4) is 0 Å². The van der Waals surface area contributed by atoms with Crippen LogP contribution >= 0.6 is 15.6 Å². The molecule has 0 radical (unpaired) electrons. The number of ether oxygens (including phenoxy) is 2. The highest BCUT2D eigenvalue weighted by Crippen LogP contribution is 2.60. The van der Waals surface area contributed by atoms with Gasteiger partial charge in [0.05, 0.1) is 25.1 Å². The van der Waals surface area contributed by atoms with Crippen LogP contribution in [-0.4, -0.2) is 105 Å². The highest BCUT2D eigenvalue weighted by atomic mass is 31.3. The third-order valence-corrected chi connectivity index (χ3v) is 9.47. The van der Waals surface area contributed by atoms with E-state index < -0.39 is 77.9 Å². The van der Waals surface area contributed by atoms with E-state index in [4.69, 9.17) is 24.3 Å². The topological polar surface area (TPSA) is 292 Å². The lowest BCUT2D eigenvalue weighted by atomic mass is 10.1. The number of Topliss-reactive ketones (excluding diaryl/α,β-unsaturated/α-hetero) is 1. The second kappa shape index (κ2) is 12.5. The molecule has 0 amide bonds. The van der Waals surface area contributed by atoms with Gasteiger partial charge in [-0.05, 0) is 13.0 Å². The third-order valence-electron chi connectivity index (χ3n) is 6.87. The summed E-state index contributed by atoms with van der Waals surface area (Å²) in [7, 11) is -10.7. The number of fused-ring (bicyclic) bond motifs is 1. The number of phosphoric ester groups is 2. The molecular weight excluding hydrogens is 634 g/mol. The van der Waals surface area contributed by atoms with Crippen LogP contribution < -0.4 is 10.3 Å². The minimum Gasteiger partial charge on any atom is -0.387 e. The Labute approximate surface area is 247 Å². The number of aliphatic hydroxyl groups is 4. The van der Waals surface area contributed by atoms with Crippen LogP contribution in [0.4, 0.5) is 5.82 Å². The standard InChI is InChI=1S/C22H28N6O14P2/c1-10(29)11-3-2-4-27(5-11)21-17(32)15(30)12(40-21)6-38-43(34,35)42-44(36,37)39-7-13-16(31)18(33)22(41-13)28-9-26-14-19(23)24-8-25-20(14)28/h2-5,8-9,12-13,15-18,21-22,30-33H,6-7H2,1H3,(H3-,23,24,25,34,35,36,37)/p+1/t12-,13+,15+,16-,17-,18-,21-,22+/m0/s1. The van der Waals surface area contributed by atoms with E-state index in [1.165, 1.54) is 46.9 Å². The number of ketones is 1. The van der Waals surface area contributed by atoms with E-state index in [0.29, 0.717) is 5.56 Å². The number of pyridine rings is 1. The van der Waals surface area contributed by atoms with Gasteiger partial charge in [0.1, 0.15) is 42.4 Å². The molecule has 2 unspecified atom stereocenters. The highest BCUT2D eigenvalue weighted by Gasteiger charge is 2.50. The maximum Gasteiger partial charge on any atom is 0.481 e. The summed E-state index contributed by atoms with van der Waals surface area (Å²) in [5.41, 5.74) is 6.41. The fourth-order valence-corrected chi connectivity index (χ4v) is 6.73. The second-order valence-corrected chi connectivity index (χ2v) is 12.9. The van der Waals surface area contributed by atoms with Crippen molar-refractivity contribution in [2.75, 3.05) is 18.9 Å². The lowest BCUT2D eigenvalue weighted by Gasteiger charge is -2.20. The number of nitrogens with two attached hydrogens (primary N) is 1. The molecule has 3 aromatic rings. The summed E-state index contributed by atoms with van der Waals surface area (Å²) in [5.74, 6) is -0.210. The lowest BCUT2D eigenvalue weighted by molar-refractivity contribution is -0.765. The summed E-state index contributed by atoms with van der Waals surface area (Å²) in [4.78, 5) is 43.6. The van der Waals surface area contributed by atoms with Crippen LogP contribution in [0.25, 0.3) is 11.2 Å². The summed E-state index contributed by atoms with van der Waals surface area (Å²) >= 11 is 0. The summed E-state index contributed by atoms with van der Waals surface area (Å²) in [6.07, 6.45) is -6.47. The molecule has 44 heavy (non-hydrogen) atoms. The van der Waals surface area contributed by atoms with Gasteiger partial charge in [0.25, 0.3) is 6.23 Å². The first-order chi connectivity index (χ1) is 20.7. The maximum atomic E-state index is 12.4. The normalized spacial score (nSPS) is 31.6. The smallest absolute Gasteiger partial charge is 0.387 e. The van der Waals surface area contributed by atoms with Gasteiger partial charge in [-0.15, -0.1) is 0 Å². The van der Waals surface area contributed by atoms with Gasteiger partial charge in [-0.1, -0.05) is 0 Å². The zero-order valence-electron chi connectivity index (χ0n) is 22.7. The Morgan fingerprint density at radius 2 is 1.64 bits per heavy atom. The molecule has 240 valence electrons. The summed E-state index contributed by atoms with van der Waals surface area (Å²) in [6, 6.07) is 3.04. The van der Waals surface area contributed by atoms with E-state index in [-0.39, 0.29) is 22.8 Å². The molecule has 2 saturated heterocycles. The van der Waals surface area contributed by atoms with E-state index in [1.807, 2.05) is 0 Å². The largest absolute Gasteiger partial charge is 0.481 e. The first-order valence-corrected chi connectivity index (χ1v) is 15.8. The molecule has 0 spiro atoms. The van der Waals surface area contributed by atoms with Crippen LogP contribution in [0.1, 0.15) is 29.7 Å². The van der Waals surface area contributed by atoms with Crippen LogP contribution in [-0.2, 0) is 32.0 Å². The van der Waals surface area contributed by atoms with Gasteiger partial charge >= 0.3 is 15.6 Å². The van der Waals surface area contributed by atoms with Crippen molar-refractivity contribution in [3.63, 3.8) is 0 Å². The number of aliphatic hydroxyl groups excluding tert-OH is 4. The number of carbonyl (C=O) groups is 1. The van der Waals surface area contributed by atoms with E-state index in [2.05, 4.69) is 19.3 Å². The van der Waals surface area contributed by atoms with Gasteiger partial charge in [-0.25, -0.2) is 24.1 Å². The fraction of sp³-hybridized carbons (Fsp3) is 0.500. The van der Waals surface area contributed by atoms with E-state index in [1.54, 1.807) is 0 Å². The monoisotopic (exact) mass is 663 g/mol. The predicted octanol–water partition coefficient (Wildman–Crippen LogP) is -1.91. The third kappa shape index (κ3) is 6.73. The Morgan fingerprint density at radius 1 is 1.00 bits per heavy atom. The van der Waals surface area contributed by atoms with Crippen molar-refractivity contribution in [2.45, 2.75) is 56.0 Å². The quantitative estimate of drug-likeness (QED) is 0.0669. The van der Waals surface area contributed by atoms with Crippen molar-refractivity contribution < 1.29 is 71.5 Å². The van der Waals surface area contributed by atoms with E-state index in [0.717, 1.165) is 6.33 Å². The number of aromatic nitrogens is 5. The summed E-state index contributed by atoms with van der Waals surface area (Å²) in [5, 5.41) is 41.7. The van der Waals surface area contributed by atoms with Crippen molar-refractivity contribution in [1.82, 2.24) is 19.5 Å². The maximum absolute atomic E-state index is 12.4. The van der Waals surface area contributed by atoms with Crippen LogP contribution in [0.2, 0.25) is 0 Å². The molecule has 8 N–H and O–H groups in total. The number of nitrogen functional groups attached to an aromatic ring is 1. The van der Waals surface area contributed by atoms with Crippen LogP contribution in [0, 0.1) is 0 Å². The molecule has 0 aliphatic carbocycles. The minimum absolute atomic E-state index is 0.0547. The highest BCUT2D eigenvalue weighted by molar-refractivity contribution is 7.61. The van der Waals surface area contributed by atoms with Crippen LogP contribution in [0.3, 0.4) is 0 Å². The molecule has 0 bridgehead atoms. The molecule has 3 aromatic heterocycles. The second-order valence-electron chi connectivity index (χ2n) is 9.88.